The number of halogens is 2. The molecular formula is C14H16F2N6O2. The number of carbonyl (C=O) groups excluding carboxylic acids is 1. The Kier molecular flexibility index (Phi) is 4.94. The van der Waals surface area contributed by atoms with Crippen molar-refractivity contribution in [3.8, 4) is 0 Å². The summed E-state index contributed by atoms with van der Waals surface area (Å²) in [5.74, 6) is -1.91. The average Bonchev–Trinajstić information content (AvgIpc) is 3.10. The number of aromatic amines is 1. The fourth-order valence-corrected chi connectivity index (χ4v) is 2.43. The van der Waals surface area contributed by atoms with Crippen LogP contribution in [-0.4, -0.2) is 52.8 Å². The number of carbonyl (C=O) groups is 1. The lowest BCUT2D eigenvalue weighted by Crippen LogP contribution is -2.37. The predicted octanol–water partition coefficient (Wildman–Crippen LogP) is 0.886. The maximum atomic E-state index is 13.6. The molecule has 128 valence electrons. The van der Waals surface area contributed by atoms with Gasteiger partial charge in [0.25, 0.3) is 0 Å². The first-order valence-corrected chi connectivity index (χ1v) is 7.47. The first-order chi connectivity index (χ1) is 11.6. The summed E-state index contributed by atoms with van der Waals surface area (Å²) in [6.45, 7) is 2.06. The van der Waals surface area contributed by atoms with Crippen molar-refractivity contribution in [1.29, 1.82) is 0 Å². The van der Waals surface area contributed by atoms with E-state index in [1.807, 2.05) is 4.90 Å². The summed E-state index contributed by atoms with van der Waals surface area (Å²) in [6, 6.07) is 2.09. The molecule has 8 nitrogen and oxygen atoms in total. The van der Waals surface area contributed by atoms with E-state index in [1.54, 1.807) is 0 Å². The Bertz CT molecular complexity index is 704. The summed E-state index contributed by atoms with van der Waals surface area (Å²) in [5, 5.41) is 15.8. The van der Waals surface area contributed by atoms with Crippen molar-refractivity contribution in [2.75, 3.05) is 36.5 Å². The van der Waals surface area contributed by atoms with Crippen LogP contribution in [0, 0.1) is 11.6 Å². The van der Waals surface area contributed by atoms with Gasteiger partial charge in [-0.25, -0.2) is 8.78 Å². The molecule has 2 N–H and O–H groups in total. The highest BCUT2D eigenvalue weighted by atomic mass is 19.2. The molecule has 0 bridgehead atoms. The number of tetrazole rings is 1. The smallest absolute Gasteiger partial charge is 0.224 e. The van der Waals surface area contributed by atoms with Crippen molar-refractivity contribution in [3.05, 3.63) is 29.6 Å². The number of nitrogens with zero attached hydrogens (tertiary/aromatic N) is 4. The minimum atomic E-state index is -1.01. The van der Waals surface area contributed by atoms with Gasteiger partial charge in [-0.1, -0.05) is 5.21 Å². The summed E-state index contributed by atoms with van der Waals surface area (Å²) in [7, 11) is 0. The second-order valence-electron chi connectivity index (χ2n) is 5.26. The standard InChI is InChI=1S/C14H16F2N6O2/c15-9-7-11(17-14(23)2-1-13-18-20-21-19-13)12(8-10(9)16)22-3-5-24-6-4-22/h7-8H,1-6H2,(H,17,23)(H,18,19,20,21). The minimum Gasteiger partial charge on any atom is -0.378 e. The quantitative estimate of drug-likeness (QED) is 0.840. The highest BCUT2D eigenvalue weighted by Crippen LogP contribution is 2.29. The number of rotatable bonds is 5. The summed E-state index contributed by atoms with van der Waals surface area (Å²) < 4.78 is 32.5. The van der Waals surface area contributed by atoms with Crippen LogP contribution in [0.15, 0.2) is 12.1 Å². The van der Waals surface area contributed by atoms with Crippen LogP contribution < -0.4 is 10.2 Å². The van der Waals surface area contributed by atoms with E-state index >= 15 is 0 Å². The molecule has 1 aromatic carbocycles. The molecule has 0 aliphatic carbocycles. The van der Waals surface area contributed by atoms with E-state index in [9.17, 15) is 13.6 Å². The van der Waals surface area contributed by atoms with Crippen LogP contribution in [0.4, 0.5) is 20.2 Å². The van der Waals surface area contributed by atoms with Crippen LogP contribution in [0.3, 0.4) is 0 Å². The SMILES string of the molecule is O=C(CCc1nn[nH]n1)Nc1cc(F)c(F)cc1N1CCOCC1. The van der Waals surface area contributed by atoms with Crippen molar-refractivity contribution >= 4 is 17.3 Å². The molecule has 1 saturated heterocycles. The van der Waals surface area contributed by atoms with E-state index in [0.29, 0.717) is 44.2 Å². The molecule has 1 amide bonds. The number of hydrogen-bond acceptors (Lipinski definition) is 6. The Morgan fingerprint density at radius 2 is 2.04 bits per heavy atom. The zero-order valence-corrected chi connectivity index (χ0v) is 12.8. The number of amides is 1. The monoisotopic (exact) mass is 338 g/mol. The molecule has 0 atom stereocenters. The van der Waals surface area contributed by atoms with Gasteiger partial charge in [0.05, 0.1) is 24.6 Å². The average molecular weight is 338 g/mol. The van der Waals surface area contributed by atoms with Gasteiger partial charge in [-0.05, 0) is 0 Å². The Labute approximate surface area is 136 Å². The third-order valence-electron chi connectivity index (χ3n) is 3.63. The first-order valence-electron chi connectivity index (χ1n) is 7.47. The molecule has 24 heavy (non-hydrogen) atoms. The van der Waals surface area contributed by atoms with Gasteiger partial charge in [0, 0.05) is 38.1 Å². The van der Waals surface area contributed by atoms with Crippen LogP contribution in [0.25, 0.3) is 0 Å². The van der Waals surface area contributed by atoms with E-state index in [1.165, 1.54) is 0 Å². The Hall–Kier alpha value is -2.62. The summed E-state index contributed by atoms with van der Waals surface area (Å²) in [4.78, 5) is 13.9. The number of aromatic nitrogens is 4. The fraction of sp³-hybridized carbons (Fsp3) is 0.429. The number of H-pyrrole nitrogens is 1. The largest absolute Gasteiger partial charge is 0.378 e. The molecule has 2 heterocycles. The van der Waals surface area contributed by atoms with Crippen molar-refractivity contribution in [2.45, 2.75) is 12.8 Å². The lowest BCUT2D eigenvalue weighted by Gasteiger charge is -2.30. The van der Waals surface area contributed by atoms with Crippen molar-refractivity contribution < 1.29 is 18.3 Å². The second kappa shape index (κ2) is 7.30. The van der Waals surface area contributed by atoms with Crippen LogP contribution in [0.1, 0.15) is 12.2 Å². The normalized spacial score (nSPS) is 14.7. The van der Waals surface area contributed by atoms with Crippen molar-refractivity contribution in [2.24, 2.45) is 0 Å². The molecule has 0 unspecified atom stereocenters. The summed E-state index contributed by atoms with van der Waals surface area (Å²) in [5.41, 5.74) is 0.666. The summed E-state index contributed by atoms with van der Waals surface area (Å²) >= 11 is 0. The van der Waals surface area contributed by atoms with Crippen LogP contribution in [0.2, 0.25) is 0 Å². The van der Waals surface area contributed by atoms with Crippen molar-refractivity contribution in [3.63, 3.8) is 0 Å². The van der Waals surface area contributed by atoms with Crippen LogP contribution >= 0.6 is 0 Å². The molecular weight excluding hydrogens is 322 g/mol. The molecule has 0 radical (unpaired) electrons. The molecule has 1 aliphatic rings. The highest BCUT2D eigenvalue weighted by molar-refractivity contribution is 5.94. The maximum Gasteiger partial charge on any atom is 0.224 e. The number of benzene rings is 1. The number of hydrogen-bond donors (Lipinski definition) is 2. The molecule has 3 rings (SSSR count). The third-order valence-corrected chi connectivity index (χ3v) is 3.63. The molecule has 0 saturated carbocycles. The second-order valence-corrected chi connectivity index (χ2v) is 5.26. The molecule has 1 fully saturated rings. The van der Waals surface area contributed by atoms with E-state index in [4.69, 9.17) is 4.74 Å². The van der Waals surface area contributed by atoms with Gasteiger partial charge in [-0.15, -0.1) is 10.2 Å². The molecule has 1 aliphatic heterocycles. The van der Waals surface area contributed by atoms with Crippen molar-refractivity contribution in [1.82, 2.24) is 20.6 Å². The molecule has 0 spiro atoms. The van der Waals surface area contributed by atoms with Gasteiger partial charge >= 0.3 is 0 Å². The number of nitrogens with one attached hydrogen (secondary N) is 2. The molecule has 10 heteroatoms. The van der Waals surface area contributed by atoms with Gasteiger partial charge in [0.2, 0.25) is 5.91 Å². The van der Waals surface area contributed by atoms with Gasteiger partial charge in [0.15, 0.2) is 17.5 Å². The number of ether oxygens (including phenoxy) is 1. The Morgan fingerprint density at radius 1 is 1.29 bits per heavy atom. The number of aryl methyl sites for hydroxylation is 1. The first kappa shape index (κ1) is 16.2. The van der Waals surface area contributed by atoms with E-state index in [-0.39, 0.29) is 18.0 Å². The van der Waals surface area contributed by atoms with Crippen LogP contribution in [-0.2, 0) is 16.0 Å². The van der Waals surface area contributed by atoms with Crippen LogP contribution in [0.5, 0.6) is 0 Å². The van der Waals surface area contributed by atoms with Gasteiger partial charge in [0.1, 0.15) is 0 Å². The zero-order chi connectivity index (χ0) is 16.9. The predicted molar refractivity (Wildman–Crippen MR) is 80.5 cm³/mol. The lowest BCUT2D eigenvalue weighted by atomic mass is 10.2. The van der Waals surface area contributed by atoms with E-state index in [2.05, 4.69) is 25.9 Å². The highest BCUT2D eigenvalue weighted by Gasteiger charge is 2.19. The fourth-order valence-electron chi connectivity index (χ4n) is 2.43. The summed E-state index contributed by atoms with van der Waals surface area (Å²) in [6.07, 6.45) is 0.389. The Morgan fingerprint density at radius 3 is 2.75 bits per heavy atom. The van der Waals surface area contributed by atoms with Gasteiger partial charge < -0.3 is 15.0 Å². The van der Waals surface area contributed by atoms with Gasteiger partial charge in [-0.2, -0.15) is 5.21 Å². The molecule has 1 aromatic heterocycles. The third kappa shape index (κ3) is 3.82. The molecule has 2 aromatic rings. The lowest BCUT2D eigenvalue weighted by molar-refractivity contribution is -0.116. The number of morpholine rings is 1. The van der Waals surface area contributed by atoms with E-state index in [0.717, 1.165) is 12.1 Å². The minimum absolute atomic E-state index is 0.0983. The Balaban J connectivity index is 1.73. The maximum absolute atomic E-state index is 13.6. The topological polar surface area (TPSA) is 96.0 Å². The number of anilines is 2. The van der Waals surface area contributed by atoms with Gasteiger partial charge in [-0.3, -0.25) is 4.79 Å². The van der Waals surface area contributed by atoms with E-state index < -0.39 is 11.6 Å². The zero-order valence-electron chi connectivity index (χ0n) is 12.8.